The molecule has 0 radical (unpaired) electrons. The number of amides is 1. The molecule has 1 atom stereocenters. The largest absolute Gasteiger partial charge is 0.324 e. The summed E-state index contributed by atoms with van der Waals surface area (Å²) in [6, 6.07) is 8.91. The van der Waals surface area contributed by atoms with Crippen molar-refractivity contribution in [3.05, 3.63) is 63.2 Å². The van der Waals surface area contributed by atoms with E-state index in [1.54, 1.807) is 25.1 Å². The molecule has 0 saturated carbocycles. The molecule has 1 amide bonds. The monoisotopic (exact) mass is 411 g/mol. The Morgan fingerprint density at radius 1 is 1.26 bits per heavy atom. The molecule has 8 nitrogen and oxygen atoms in total. The first-order valence-electron chi connectivity index (χ1n) is 7.82. The van der Waals surface area contributed by atoms with Crippen molar-refractivity contribution < 1.29 is 18.1 Å². The highest BCUT2D eigenvalue weighted by Crippen LogP contribution is 2.27. The SMILES string of the molecule is Cc1c(Cl)cccc1NC(=O)C(C)N(c1cccc([N+](=O)[O-])c1)S(C)(=O)=O. The first kappa shape index (κ1) is 20.7. The predicted octanol–water partition coefficient (Wildman–Crippen LogP) is 3.35. The van der Waals surface area contributed by atoms with Crippen LogP contribution in [0.3, 0.4) is 0 Å². The van der Waals surface area contributed by atoms with Crippen LogP contribution in [0.25, 0.3) is 0 Å². The quantitative estimate of drug-likeness (QED) is 0.579. The summed E-state index contributed by atoms with van der Waals surface area (Å²) in [6.07, 6.45) is 0.931. The molecule has 2 aromatic carbocycles. The smallest absolute Gasteiger partial charge is 0.271 e. The summed E-state index contributed by atoms with van der Waals surface area (Å²) in [4.78, 5) is 23.0. The van der Waals surface area contributed by atoms with E-state index in [2.05, 4.69) is 5.32 Å². The Balaban J connectivity index is 2.39. The van der Waals surface area contributed by atoms with Crippen LogP contribution < -0.4 is 9.62 Å². The minimum atomic E-state index is -3.89. The number of sulfonamides is 1. The predicted molar refractivity (Wildman–Crippen MR) is 105 cm³/mol. The molecule has 2 rings (SSSR count). The van der Waals surface area contributed by atoms with E-state index in [9.17, 15) is 23.3 Å². The Morgan fingerprint density at radius 2 is 1.89 bits per heavy atom. The lowest BCUT2D eigenvalue weighted by atomic mass is 10.2. The number of carbonyl (C=O) groups excluding carboxylic acids is 1. The van der Waals surface area contributed by atoms with Crippen molar-refractivity contribution in [3.8, 4) is 0 Å². The van der Waals surface area contributed by atoms with Crippen LogP contribution in [0, 0.1) is 17.0 Å². The van der Waals surface area contributed by atoms with Gasteiger partial charge in [0.25, 0.3) is 5.69 Å². The maximum absolute atomic E-state index is 12.7. The molecule has 0 aliphatic carbocycles. The van der Waals surface area contributed by atoms with Gasteiger partial charge in [0.15, 0.2) is 0 Å². The number of halogens is 1. The van der Waals surface area contributed by atoms with Crippen molar-refractivity contribution in [2.45, 2.75) is 19.9 Å². The zero-order chi connectivity index (χ0) is 20.4. The molecule has 0 fully saturated rings. The second kappa shape index (κ2) is 7.93. The van der Waals surface area contributed by atoms with Gasteiger partial charge in [0.1, 0.15) is 6.04 Å². The number of nitrogens with one attached hydrogen (secondary N) is 1. The van der Waals surface area contributed by atoms with E-state index in [-0.39, 0.29) is 11.4 Å². The highest BCUT2D eigenvalue weighted by molar-refractivity contribution is 7.92. The van der Waals surface area contributed by atoms with Gasteiger partial charge in [-0.05, 0) is 37.6 Å². The van der Waals surface area contributed by atoms with E-state index in [1.807, 2.05) is 0 Å². The summed E-state index contributed by atoms with van der Waals surface area (Å²) in [5.41, 5.74) is 0.837. The van der Waals surface area contributed by atoms with Gasteiger partial charge in [-0.2, -0.15) is 0 Å². The zero-order valence-electron chi connectivity index (χ0n) is 14.8. The zero-order valence-corrected chi connectivity index (χ0v) is 16.4. The summed E-state index contributed by atoms with van der Waals surface area (Å²) < 4.78 is 25.4. The third-order valence-electron chi connectivity index (χ3n) is 3.91. The lowest BCUT2D eigenvalue weighted by Gasteiger charge is -2.28. The molecular formula is C17H18ClN3O5S. The Bertz CT molecular complexity index is 994. The molecule has 10 heteroatoms. The second-order valence-electron chi connectivity index (χ2n) is 5.91. The van der Waals surface area contributed by atoms with E-state index in [0.717, 1.165) is 16.6 Å². The topological polar surface area (TPSA) is 110 Å². The van der Waals surface area contributed by atoms with Gasteiger partial charge in [0, 0.05) is 22.8 Å². The van der Waals surface area contributed by atoms with Crippen LogP contribution in [0.1, 0.15) is 12.5 Å². The molecule has 1 N–H and O–H groups in total. The number of anilines is 2. The highest BCUT2D eigenvalue weighted by atomic mass is 35.5. The first-order valence-corrected chi connectivity index (χ1v) is 10.0. The van der Waals surface area contributed by atoms with Gasteiger partial charge in [-0.1, -0.05) is 23.7 Å². The Morgan fingerprint density at radius 3 is 2.48 bits per heavy atom. The van der Waals surface area contributed by atoms with Gasteiger partial charge in [0.2, 0.25) is 15.9 Å². The first-order chi connectivity index (χ1) is 12.5. The van der Waals surface area contributed by atoms with Crippen LogP contribution in [-0.4, -0.2) is 31.5 Å². The minimum absolute atomic E-state index is 0.0252. The fourth-order valence-electron chi connectivity index (χ4n) is 2.53. The van der Waals surface area contributed by atoms with Gasteiger partial charge in [-0.25, -0.2) is 8.42 Å². The van der Waals surface area contributed by atoms with Gasteiger partial charge in [-0.15, -0.1) is 0 Å². The number of benzene rings is 2. The van der Waals surface area contributed by atoms with Crippen molar-refractivity contribution in [1.29, 1.82) is 0 Å². The number of carbonyl (C=O) groups is 1. The van der Waals surface area contributed by atoms with Crippen LogP contribution >= 0.6 is 11.6 Å². The average molecular weight is 412 g/mol. The molecule has 0 saturated heterocycles. The molecule has 0 aliphatic rings. The molecule has 0 bridgehead atoms. The van der Waals surface area contributed by atoms with Crippen LogP contribution in [0.5, 0.6) is 0 Å². The van der Waals surface area contributed by atoms with Crippen molar-refractivity contribution >= 4 is 44.6 Å². The summed E-state index contributed by atoms with van der Waals surface area (Å²) in [6.45, 7) is 3.12. The van der Waals surface area contributed by atoms with Crippen LogP contribution in [-0.2, 0) is 14.8 Å². The number of hydrogen-bond donors (Lipinski definition) is 1. The normalized spacial score (nSPS) is 12.3. The number of non-ortho nitro benzene ring substituents is 1. The van der Waals surface area contributed by atoms with Gasteiger partial charge in [-0.3, -0.25) is 19.2 Å². The minimum Gasteiger partial charge on any atom is -0.324 e. The van der Waals surface area contributed by atoms with Gasteiger partial charge >= 0.3 is 0 Å². The van der Waals surface area contributed by atoms with E-state index in [4.69, 9.17) is 11.6 Å². The summed E-state index contributed by atoms with van der Waals surface area (Å²) in [7, 11) is -3.89. The van der Waals surface area contributed by atoms with Crippen LogP contribution in [0.4, 0.5) is 17.1 Å². The molecule has 27 heavy (non-hydrogen) atoms. The van der Waals surface area contributed by atoms with Crippen molar-refractivity contribution in [2.24, 2.45) is 0 Å². The Labute approximate surface area is 162 Å². The number of hydrogen-bond acceptors (Lipinski definition) is 5. The maximum atomic E-state index is 12.7. The van der Waals surface area contributed by atoms with Gasteiger partial charge < -0.3 is 5.32 Å². The summed E-state index contributed by atoms with van der Waals surface area (Å²) in [5, 5.41) is 14.1. The molecule has 0 heterocycles. The van der Waals surface area contributed by atoms with Crippen LogP contribution in [0.15, 0.2) is 42.5 Å². The van der Waals surface area contributed by atoms with E-state index in [0.29, 0.717) is 16.3 Å². The molecular weight excluding hydrogens is 394 g/mol. The summed E-state index contributed by atoms with van der Waals surface area (Å²) >= 11 is 6.03. The molecule has 0 spiro atoms. The number of nitro benzene ring substituents is 1. The summed E-state index contributed by atoms with van der Waals surface area (Å²) in [5.74, 6) is -0.600. The molecule has 2 aromatic rings. The average Bonchev–Trinajstić information content (AvgIpc) is 2.58. The fraction of sp³-hybridized carbons (Fsp3) is 0.235. The molecule has 1 unspecified atom stereocenters. The number of nitro groups is 1. The molecule has 0 aliphatic heterocycles. The number of rotatable bonds is 6. The molecule has 0 aromatic heterocycles. The Hall–Kier alpha value is -2.65. The standard InChI is InChI=1S/C17H18ClN3O5S/c1-11-15(18)8-5-9-16(11)19-17(22)12(2)20(27(3,25)26)13-6-4-7-14(10-13)21(23)24/h4-10,12H,1-3H3,(H,19,22). The van der Waals surface area contributed by atoms with E-state index >= 15 is 0 Å². The number of nitrogens with zero attached hydrogens (tertiary/aromatic N) is 2. The van der Waals surface area contributed by atoms with Crippen molar-refractivity contribution in [1.82, 2.24) is 0 Å². The fourth-order valence-corrected chi connectivity index (χ4v) is 3.87. The lowest BCUT2D eigenvalue weighted by Crippen LogP contribution is -2.45. The van der Waals surface area contributed by atoms with Crippen molar-refractivity contribution in [3.63, 3.8) is 0 Å². The van der Waals surface area contributed by atoms with Gasteiger partial charge in [0.05, 0.1) is 16.9 Å². The highest BCUT2D eigenvalue weighted by Gasteiger charge is 2.30. The molecule has 144 valence electrons. The third kappa shape index (κ3) is 4.75. The second-order valence-corrected chi connectivity index (χ2v) is 8.18. The third-order valence-corrected chi connectivity index (χ3v) is 5.56. The van der Waals surface area contributed by atoms with E-state index < -0.39 is 26.9 Å². The van der Waals surface area contributed by atoms with Crippen molar-refractivity contribution in [2.75, 3.05) is 15.9 Å². The Kier molecular flexibility index (Phi) is 6.07. The lowest BCUT2D eigenvalue weighted by molar-refractivity contribution is -0.384. The van der Waals surface area contributed by atoms with E-state index in [1.165, 1.54) is 25.1 Å². The maximum Gasteiger partial charge on any atom is 0.271 e. The van der Waals surface area contributed by atoms with Crippen LogP contribution in [0.2, 0.25) is 5.02 Å².